The van der Waals surface area contributed by atoms with Crippen molar-refractivity contribution in [2.75, 3.05) is 5.01 Å². The second-order valence-electron chi connectivity index (χ2n) is 3.87. The van der Waals surface area contributed by atoms with Gasteiger partial charge in [0.15, 0.2) is 5.82 Å². The van der Waals surface area contributed by atoms with Crippen LogP contribution in [0.3, 0.4) is 0 Å². The quantitative estimate of drug-likeness (QED) is 0.767. The molecule has 1 atom stereocenters. The Morgan fingerprint density at radius 3 is 2.58 bits per heavy atom. The Hall–Kier alpha value is -2.25. The lowest BCUT2D eigenvalue weighted by molar-refractivity contribution is -0.174. The smallest absolute Gasteiger partial charge is 0.288 e. The lowest BCUT2D eigenvalue weighted by atomic mass is 9.99. The van der Waals surface area contributed by atoms with Crippen molar-refractivity contribution in [1.29, 1.82) is 0 Å². The van der Waals surface area contributed by atoms with Crippen molar-refractivity contribution in [3.8, 4) is 0 Å². The molecule has 0 saturated carbocycles. The third-order valence-corrected chi connectivity index (χ3v) is 2.54. The fraction of sp³-hybridized carbons (Fsp3) is 0.273. The summed E-state index contributed by atoms with van der Waals surface area (Å²) in [6, 6.07) is 4.55. The van der Waals surface area contributed by atoms with E-state index in [-0.39, 0.29) is 11.5 Å². The van der Waals surface area contributed by atoms with E-state index in [0.29, 0.717) is 5.01 Å². The first kappa shape index (κ1) is 13.2. The molecule has 5 nitrogen and oxygen atoms in total. The van der Waals surface area contributed by atoms with E-state index in [1.165, 1.54) is 19.2 Å². The predicted octanol–water partition coefficient (Wildman–Crippen LogP) is 1.55. The summed E-state index contributed by atoms with van der Waals surface area (Å²) in [7, 11) is 0. The Morgan fingerprint density at radius 1 is 1.37 bits per heavy atom. The van der Waals surface area contributed by atoms with Crippen LogP contribution in [0.25, 0.3) is 0 Å². The SMILES string of the molecule is CC1=NN(c2ccccn2)C(=O)C1C(=O)C(F)(F)F. The van der Waals surface area contributed by atoms with Gasteiger partial charge in [0.1, 0.15) is 5.92 Å². The maximum absolute atomic E-state index is 12.4. The summed E-state index contributed by atoms with van der Waals surface area (Å²) in [6.45, 7) is 1.20. The van der Waals surface area contributed by atoms with Crippen molar-refractivity contribution < 1.29 is 22.8 Å². The number of halogens is 3. The zero-order valence-electron chi connectivity index (χ0n) is 9.68. The summed E-state index contributed by atoms with van der Waals surface area (Å²) < 4.78 is 37.2. The van der Waals surface area contributed by atoms with Gasteiger partial charge in [-0.2, -0.15) is 23.3 Å². The number of Topliss-reactive ketones (excluding diaryl/α,β-unsaturated/α-hetero) is 1. The Bertz CT molecular complexity index is 554. The molecule has 0 aromatic carbocycles. The van der Waals surface area contributed by atoms with E-state index in [2.05, 4.69) is 10.1 Å². The summed E-state index contributed by atoms with van der Waals surface area (Å²) >= 11 is 0. The third kappa shape index (κ3) is 2.33. The van der Waals surface area contributed by atoms with Crippen LogP contribution >= 0.6 is 0 Å². The van der Waals surface area contributed by atoms with Crippen molar-refractivity contribution in [3.63, 3.8) is 0 Å². The third-order valence-electron chi connectivity index (χ3n) is 2.54. The van der Waals surface area contributed by atoms with Gasteiger partial charge in [-0.05, 0) is 19.1 Å². The zero-order chi connectivity index (χ0) is 14.2. The molecule has 0 spiro atoms. The van der Waals surface area contributed by atoms with E-state index in [1.54, 1.807) is 12.1 Å². The van der Waals surface area contributed by atoms with Gasteiger partial charge in [0.25, 0.3) is 11.7 Å². The summed E-state index contributed by atoms with van der Waals surface area (Å²) in [5.41, 5.74) is -0.196. The average molecular weight is 271 g/mol. The molecule has 1 aromatic rings. The number of rotatable bonds is 2. The molecular formula is C11H8F3N3O2. The Labute approximate surface area is 105 Å². The molecule has 0 N–H and O–H groups in total. The van der Waals surface area contributed by atoms with Crippen LogP contribution < -0.4 is 5.01 Å². The topological polar surface area (TPSA) is 62.6 Å². The molecule has 0 saturated heterocycles. The van der Waals surface area contributed by atoms with Gasteiger partial charge in [-0.3, -0.25) is 9.59 Å². The number of anilines is 1. The highest BCUT2D eigenvalue weighted by molar-refractivity contribution is 6.27. The molecule has 1 amide bonds. The van der Waals surface area contributed by atoms with E-state index in [1.807, 2.05) is 0 Å². The summed E-state index contributed by atoms with van der Waals surface area (Å²) in [6.07, 6.45) is -3.70. The largest absolute Gasteiger partial charge is 0.451 e. The van der Waals surface area contributed by atoms with Crippen molar-refractivity contribution in [3.05, 3.63) is 24.4 Å². The first-order chi connectivity index (χ1) is 8.82. The molecule has 2 rings (SSSR count). The highest BCUT2D eigenvalue weighted by Gasteiger charge is 2.51. The Balaban J connectivity index is 2.32. The number of ketones is 1. The van der Waals surface area contributed by atoms with Crippen LogP contribution in [0.1, 0.15) is 6.92 Å². The maximum Gasteiger partial charge on any atom is 0.451 e. The van der Waals surface area contributed by atoms with Gasteiger partial charge in [-0.15, -0.1) is 0 Å². The van der Waals surface area contributed by atoms with Crippen molar-refractivity contribution in [2.24, 2.45) is 11.0 Å². The van der Waals surface area contributed by atoms with Gasteiger partial charge in [0, 0.05) is 6.20 Å². The number of hydrazone groups is 1. The molecule has 1 unspecified atom stereocenters. The van der Waals surface area contributed by atoms with Crippen LogP contribution in [0.2, 0.25) is 0 Å². The lowest BCUT2D eigenvalue weighted by Crippen LogP contribution is -2.40. The van der Waals surface area contributed by atoms with E-state index in [4.69, 9.17) is 0 Å². The number of aromatic nitrogens is 1. The van der Waals surface area contributed by atoms with Crippen LogP contribution in [0.5, 0.6) is 0 Å². The first-order valence-electron chi connectivity index (χ1n) is 5.23. The molecule has 1 aliphatic heterocycles. The zero-order valence-corrected chi connectivity index (χ0v) is 9.68. The van der Waals surface area contributed by atoms with Gasteiger partial charge in [-0.25, -0.2) is 4.98 Å². The average Bonchev–Trinajstić information content (AvgIpc) is 2.64. The molecule has 0 radical (unpaired) electrons. The van der Waals surface area contributed by atoms with E-state index < -0.39 is 23.8 Å². The van der Waals surface area contributed by atoms with Gasteiger partial charge >= 0.3 is 6.18 Å². The Morgan fingerprint density at radius 2 is 2.05 bits per heavy atom. The number of hydrogen-bond acceptors (Lipinski definition) is 4. The van der Waals surface area contributed by atoms with Crippen molar-refractivity contribution in [2.45, 2.75) is 13.1 Å². The number of carbonyl (C=O) groups excluding carboxylic acids is 2. The van der Waals surface area contributed by atoms with E-state index in [9.17, 15) is 22.8 Å². The first-order valence-corrected chi connectivity index (χ1v) is 5.23. The lowest BCUT2D eigenvalue weighted by Gasteiger charge is -2.13. The maximum atomic E-state index is 12.4. The fourth-order valence-electron chi connectivity index (χ4n) is 1.67. The molecule has 8 heteroatoms. The molecule has 100 valence electrons. The molecule has 2 heterocycles. The highest BCUT2D eigenvalue weighted by Crippen LogP contribution is 2.28. The normalized spacial score (nSPS) is 19.6. The van der Waals surface area contributed by atoms with Crippen molar-refractivity contribution >= 4 is 23.2 Å². The molecule has 0 aliphatic carbocycles. The number of amides is 1. The second-order valence-corrected chi connectivity index (χ2v) is 3.87. The minimum Gasteiger partial charge on any atom is -0.288 e. The van der Waals surface area contributed by atoms with E-state index in [0.717, 1.165) is 0 Å². The number of nitrogens with zero attached hydrogens (tertiary/aromatic N) is 3. The van der Waals surface area contributed by atoms with Crippen LogP contribution in [-0.4, -0.2) is 28.6 Å². The molecule has 1 aromatic heterocycles. The Kier molecular flexibility index (Phi) is 3.09. The van der Waals surface area contributed by atoms with Gasteiger partial charge in [0.05, 0.1) is 5.71 Å². The number of alkyl halides is 3. The monoisotopic (exact) mass is 271 g/mol. The predicted molar refractivity (Wildman–Crippen MR) is 59.4 cm³/mol. The number of pyridine rings is 1. The molecule has 19 heavy (non-hydrogen) atoms. The van der Waals surface area contributed by atoms with Gasteiger partial charge < -0.3 is 0 Å². The highest BCUT2D eigenvalue weighted by atomic mass is 19.4. The molecular weight excluding hydrogens is 263 g/mol. The fourth-order valence-corrected chi connectivity index (χ4v) is 1.67. The van der Waals surface area contributed by atoms with E-state index >= 15 is 0 Å². The summed E-state index contributed by atoms with van der Waals surface area (Å²) in [5.74, 6) is -5.00. The van der Waals surface area contributed by atoms with Crippen molar-refractivity contribution in [1.82, 2.24) is 4.98 Å². The van der Waals surface area contributed by atoms with Gasteiger partial charge in [0.2, 0.25) is 0 Å². The number of carbonyl (C=O) groups is 2. The van der Waals surface area contributed by atoms with Crippen LogP contribution in [-0.2, 0) is 9.59 Å². The van der Waals surface area contributed by atoms with Gasteiger partial charge in [-0.1, -0.05) is 6.07 Å². The standard InChI is InChI=1S/C11H8F3N3O2/c1-6-8(9(18)11(12,13)14)10(19)17(16-6)7-4-2-3-5-15-7/h2-5,8H,1H3. The summed E-state index contributed by atoms with van der Waals surface area (Å²) in [5, 5.41) is 4.38. The molecule has 1 aliphatic rings. The van der Waals surface area contributed by atoms with Crippen LogP contribution in [0.4, 0.5) is 19.0 Å². The van der Waals surface area contributed by atoms with Crippen LogP contribution in [0, 0.1) is 5.92 Å². The molecule has 0 bridgehead atoms. The second kappa shape index (κ2) is 4.45. The van der Waals surface area contributed by atoms with Crippen LogP contribution in [0.15, 0.2) is 29.5 Å². The number of hydrogen-bond donors (Lipinski definition) is 0. The molecule has 0 fully saturated rings. The minimum atomic E-state index is -5.07. The minimum absolute atomic E-state index is 0.0734. The summed E-state index contributed by atoms with van der Waals surface area (Å²) in [4.78, 5) is 26.9.